The molecule has 0 unspecified atom stereocenters. The number of anilines is 1. The summed E-state index contributed by atoms with van der Waals surface area (Å²) in [6.45, 7) is 0. The van der Waals surface area contributed by atoms with Crippen molar-refractivity contribution < 1.29 is 22.5 Å². The normalized spacial score (nSPS) is 11.3. The molecule has 1 heterocycles. The highest BCUT2D eigenvalue weighted by Gasteiger charge is 2.33. The van der Waals surface area contributed by atoms with E-state index in [-0.39, 0.29) is 24.4 Å². The smallest absolute Gasteiger partial charge is 0.339 e. The molecule has 6 nitrogen and oxygen atoms in total. The van der Waals surface area contributed by atoms with Crippen molar-refractivity contribution in [3.8, 4) is 11.4 Å². The molecule has 1 amide bonds. The standard InChI is InChI=1S/C18H14ClF3N4O2/c19-12-7-5-11(6-8-12)17-23-16(28-26-17)10-9-15(27)25-24-14-4-2-1-3-13(14)18(20,21)22/h1-8,24H,9-10H2,(H,25,27). The number of hydrazine groups is 1. The van der Waals surface area contributed by atoms with Gasteiger partial charge in [-0.3, -0.25) is 15.6 Å². The molecule has 0 spiro atoms. The van der Waals surface area contributed by atoms with Gasteiger partial charge in [0.2, 0.25) is 17.6 Å². The number of hydrogen-bond acceptors (Lipinski definition) is 5. The highest BCUT2D eigenvalue weighted by atomic mass is 35.5. The summed E-state index contributed by atoms with van der Waals surface area (Å²) in [5.41, 5.74) is 4.11. The quantitative estimate of drug-likeness (QED) is 0.585. The van der Waals surface area contributed by atoms with Crippen molar-refractivity contribution in [3.05, 3.63) is 65.0 Å². The number of amides is 1. The molecular weight excluding hydrogens is 397 g/mol. The van der Waals surface area contributed by atoms with E-state index in [4.69, 9.17) is 16.1 Å². The third-order valence-electron chi connectivity index (χ3n) is 3.71. The number of para-hydroxylation sites is 1. The Bertz CT molecular complexity index is 958. The molecule has 2 aromatic carbocycles. The Morgan fingerprint density at radius 1 is 1.11 bits per heavy atom. The highest BCUT2D eigenvalue weighted by molar-refractivity contribution is 6.30. The first-order chi connectivity index (χ1) is 13.3. The van der Waals surface area contributed by atoms with Crippen molar-refractivity contribution in [1.29, 1.82) is 0 Å². The number of hydrogen-bond donors (Lipinski definition) is 2. The molecule has 0 saturated carbocycles. The minimum Gasteiger partial charge on any atom is -0.339 e. The average molecular weight is 411 g/mol. The van der Waals surface area contributed by atoms with Crippen molar-refractivity contribution in [2.75, 3.05) is 5.43 Å². The Morgan fingerprint density at radius 3 is 2.54 bits per heavy atom. The fourth-order valence-corrected chi connectivity index (χ4v) is 2.46. The van der Waals surface area contributed by atoms with Crippen LogP contribution in [0, 0.1) is 0 Å². The van der Waals surface area contributed by atoms with Crippen molar-refractivity contribution in [3.63, 3.8) is 0 Å². The maximum Gasteiger partial charge on any atom is 0.418 e. The second-order valence-electron chi connectivity index (χ2n) is 5.74. The number of carbonyl (C=O) groups excluding carboxylic acids is 1. The van der Waals surface area contributed by atoms with Gasteiger partial charge in [-0.2, -0.15) is 18.2 Å². The number of aryl methyl sites for hydroxylation is 1. The summed E-state index contributed by atoms with van der Waals surface area (Å²) in [4.78, 5) is 16.1. The third kappa shape index (κ3) is 5.01. The third-order valence-corrected chi connectivity index (χ3v) is 3.96. The minimum atomic E-state index is -4.53. The van der Waals surface area contributed by atoms with Crippen LogP contribution in [-0.2, 0) is 17.4 Å². The lowest BCUT2D eigenvalue weighted by Crippen LogP contribution is -2.30. The van der Waals surface area contributed by atoms with Crippen molar-refractivity contribution in [2.45, 2.75) is 19.0 Å². The van der Waals surface area contributed by atoms with Gasteiger partial charge in [0.1, 0.15) is 0 Å². The molecule has 0 aliphatic heterocycles. The zero-order chi connectivity index (χ0) is 20.1. The minimum absolute atomic E-state index is 0.0521. The fourth-order valence-electron chi connectivity index (χ4n) is 2.33. The van der Waals surface area contributed by atoms with Crippen molar-refractivity contribution in [2.24, 2.45) is 0 Å². The first kappa shape index (κ1) is 19.7. The van der Waals surface area contributed by atoms with Gasteiger partial charge in [0.15, 0.2) is 0 Å². The lowest BCUT2D eigenvalue weighted by Gasteiger charge is -2.14. The zero-order valence-electron chi connectivity index (χ0n) is 14.3. The number of carbonyl (C=O) groups is 1. The maximum atomic E-state index is 12.9. The second kappa shape index (κ2) is 8.30. The van der Waals surface area contributed by atoms with Gasteiger partial charge in [-0.1, -0.05) is 28.9 Å². The van der Waals surface area contributed by atoms with Crippen LogP contribution in [0.2, 0.25) is 5.02 Å². The molecule has 146 valence electrons. The molecule has 10 heteroatoms. The predicted molar refractivity (Wildman–Crippen MR) is 96.3 cm³/mol. The predicted octanol–water partition coefficient (Wildman–Crippen LogP) is 4.48. The van der Waals surface area contributed by atoms with Gasteiger partial charge in [-0.15, -0.1) is 0 Å². The van der Waals surface area contributed by atoms with Crippen molar-refractivity contribution >= 4 is 23.2 Å². The summed E-state index contributed by atoms with van der Waals surface area (Å²) in [6.07, 6.45) is -4.45. The van der Waals surface area contributed by atoms with Crippen LogP contribution < -0.4 is 10.9 Å². The van der Waals surface area contributed by atoms with Crippen molar-refractivity contribution in [1.82, 2.24) is 15.6 Å². The van der Waals surface area contributed by atoms with Crippen LogP contribution in [0.5, 0.6) is 0 Å². The Labute approximate surface area is 162 Å². The first-order valence-corrected chi connectivity index (χ1v) is 8.50. The van der Waals surface area contributed by atoms with Crippen LogP contribution in [0.25, 0.3) is 11.4 Å². The lowest BCUT2D eigenvalue weighted by atomic mass is 10.2. The van der Waals surface area contributed by atoms with Gasteiger partial charge in [0.05, 0.1) is 11.3 Å². The van der Waals surface area contributed by atoms with E-state index in [1.54, 1.807) is 24.3 Å². The summed E-state index contributed by atoms with van der Waals surface area (Å²) < 4.78 is 43.8. The second-order valence-corrected chi connectivity index (χ2v) is 6.17. The Balaban J connectivity index is 1.54. The van der Waals surface area contributed by atoms with Crippen LogP contribution >= 0.6 is 11.6 Å². The molecular formula is C18H14ClF3N4O2. The number of benzene rings is 2. The molecule has 3 rings (SSSR count). The molecule has 28 heavy (non-hydrogen) atoms. The SMILES string of the molecule is O=C(CCc1nc(-c2ccc(Cl)cc2)no1)NNc1ccccc1C(F)(F)F. The molecule has 0 aliphatic rings. The number of nitrogens with zero attached hydrogens (tertiary/aromatic N) is 2. The van der Waals surface area contributed by atoms with E-state index in [0.29, 0.717) is 16.4 Å². The molecule has 0 bridgehead atoms. The molecule has 0 radical (unpaired) electrons. The average Bonchev–Trinajstić information content (AvgIpc) is 3.14. The van der Waals surface area contributed by atoms with Gasteiger partial charge in [-0.05, 0) is 36.4 Å². The Hall–Kier alpha value is -3.07. The van der Waals surface area contributed by atoms with Gasteiger partial charge >= 0.3 is 6.18 Å². The van der Waals surface area contributed by atoms with E-state index < -0.39 is 17.6 Å². The van der Waals surface area contributed by atoms with Gasteiger partial charge in [0, 0.05) is 23.4 Å². The van der Waals surface area contributed by atoms with Gasteiger partial charge in [0.25, 0.3) is 0 Å². The summed E-state index contributed by atoms with van der Waals surface area (Å²) in [7, 11) is 0. The number of aromatic nitrogens is 2. The summed E-state index contributed by atoms with van der Waals surface area (Å²) in [6, 6.07) is 11.7. The zero-order valence-corrected chi connectivity index (χ0v) is 15.0. The molecule has 2 N–H and O–H groups in total. The van der Waals surface area contributed by atoms with E-state index in [2.05, 4.69) is 21.0 Å². The lowest BCUT2D eigenvalue weighted by molar-refractivity contribution is -0.137. The molecule has 0 atom stereocenters. The Morgan fingerprint density at radius 2 is 1.82 bits per heavy atom. The van der Waals surface area contributed by atoms with Crippen LogP contribution in [0.4, 0.5) is 18.9 Å². The van der Waals surface area contributed by atoms with Crippen LogP contribution in [-0.4, -0.2) is 16.0 Å². The monoisotopic (exact) mass is 410 g/mol. The number of halogens is 4. The highest BCUT2D eigenvalue weighted by Crippen LogP contribution is 2.34. The van der Waals surface area contributed by atoms with Crippen LogP contribution in [0.15, 0.2) is 53.1 Å². The van der Waals surface area contributed by atoms with E-state index in [9.17, 15) is 18.0 Å². The topological polar surface area (TPSA) is 80.0 Å². The maximum absolute atomic E-state index is 12.9. The molecule has 1 aromatic heterocycles. The summed E-state index contributed by atoms with van der Waals surface area (Å²) >= 11 is 5.82. The van der Waals surface area contributed by atoms with Crippen LogP contribution in [0.3, 0.4) is 0 Å². The van der Waals surface area contributed by atoms with Gasteiger partial charge in [-0.25, -0.2) is 0 Å². The molecule has 0 fully saturated rings. The number of nitrogens with one attached hydrogen (secondary N) is 2. The van der Waals surface area contributed by atoms with E-state index >= 15 is 0 Å². The number of rotatable bonds is 6. The van der Waals surface area contributed by atoms with Crippen LogP contribution in [0.1, 0.15) is 17.9 Å². The summed E-state index contributed by atoms with van der Waals surface area (Å²) in [5, 5.41) is 4.40. The van der Waals surface area contributed by atoms with E-state index in [1.165, 1.54) is 18.2 Å². The Kier molecular flexibility index (Phi) is 5.84. The summed E-state index contributed by atoms with van der Waals surface area (Å²) in [5.74, 6) is 0.0586. The number of alkyl halides is 3. The largest absolute Gasteiger partial charge is 0.418 e. The molecule has 0 saturated heterocycles. The first-order valence-electron chi connectivity index (χ1n) is 8.12. The fraction of sp³-hybridized carbons (Fsp3) is 0.167. The van der Waals surface area contributed by atoms with E-state index in [1.807, 2.05) is 0 Å². The van der Waals surface area contributed by atoms with E-state index in [0.717, 1.165) is 6.07 Å². The van der Waals surface area contributed by atoms with Gasteiger partial charge < -0.3 is 4.52 Å². The molecule has 3 aromatic rings. The molecule has 0 aliphatic carbocycles.